The first-order chi connectivity index (χ1) is 20.9. The van der Waals surface area contributed by atoms with Gasteiger partial charge < -0.3 is 29.1 Å². The SMILES string of the molecule is COc1cc(C(=O)N2COc3c(cccc3-c3cc(N4CCOCC4)c(C(=O)O)cc3F)C2)c(Cl)cc1-c1ccncc1. The number of para-hydroxylation sites is 1. The largest absolute Gasteiger partial charge is 0.496 e. The van der Waals surface area contributed by atoms with Crippen molar-refractivity contribution in [3.8, 4) is 33.8 Å². The first-order valence-electron chi connectivity index (χ1n) is 13.6. The second-order valence-corrected chi connectivity index (χ2v) is 10.5. The Bertz CT molecular complexity index is 1710. The fraction of sp³-hybridized carbons (Fsp3) is 0.219. The maximum atomic E-state index is 15.5. The topological polar surface area (TPSA) is 101 Å². The number of carboxylic acid groups (broad SMARTS) is 1. The normalized spacial score (nSPS) is 14.6. The van der Waals surface area contributed by atoms with Crippen LogP contribution in [-0.4, -0.2) is 67.0 Å². The molecule has 1 amide bonds. The third kappa shape index (κ3) is 5.47. The fourth-order valence-corrected chi connectivity index (χ4v) is 5.68. The molecule has 0 atom stereocenters. The van der Waals surface area contributed by atoms with E-state index in [-0.39, 0.29) is 40.9 Å². The van der Waals surface area contributed by atoms with Crippen molar-refractivity contribution in [1.29, 1.82) is 0 Å². The van der Waals surface area contributed by atoms with Gasteiger partial charge in [0.25, 0.3) is 5.91 Å². The number of carbonyl (C=O) groups is 2. The van der Waals surface area contributed by atoms with Crippen molar-refractivity contribution >= 4 is 29.2 Å². The quantitative estimate of drug-likeness (QED) is 0.298. The summed E-state index contributed by atoms with van der Waals surface area (Å²) in [6.07, 6.45) is 3.32. The molecule has 1 aromatic heterocycles. The average molecular weight is 604 g/mol. The molecule has 1 saturated heterocycles. The van der Waals surface area contributed by atoms with E-state index in [1.807, 2.05) is 17.0 Å². The predicted octanol–water partition coefficient (Wildman–Crippen LogP) is 5.74. The van der Waals surface area contributed by atoms with Gasteiger partial charge in [0.1, 0.15) is 17.3 Å². The Morgan fingerprint density at radius 1 is 1.00 bits per heavy atom. The van der Waals surface area contributed by atoms with Gasteiger partial charge in [-0.2, -0.15) is 0 Å². The van der Waals surface area contributed by atoms with E-state index < -0.39 is 11.8 Å². The lowest BCUT2D eigenvalue weighted by Crippen LogP contribution is -2.37. The lowest BCUT2D eigenvalue weighted by Gasteiger charge is -2.32. The molecule has 1 N–H and O–H groups in total. The molecule has 4 aromatic rings. The molecule has 6 rings (SSSR count). The van der Waals surface area contributed by atoms with Crippen LogP contribution < -0.4 is 14.4 Å². The highest BCUT2D eigenvalue weighted by Crippen LogP contribution is 2.41. The smallest absolute Gasteiger partial charge is 0.337 e. The van der Waals surface area contributed by atoms with E-state index in [0.717, 1.165) is 17.2 Å². The van der Waals surface area contributed by atoms with Crippen LogP contribution in [0.15, 0.2) is 67.0 Å². The lowest BCUT2D eigenvalue weighted by atomic mass is 9.97. The van der Waals surface area contributed by atoms with Crippen LogP contribution in [0.25, 0.3) is 22.3 Å². The summed E-state index contributed by atoms with van der Waals surface area (Å²) in [4.78, 5) is 33.0. The second-order valence-electron chi connectivity index (χ2n) is 10.1. The van der Waals surface area contributed by atoms with Gasteiger partial charge in [-0.15, -0.1) is 0 Å². The van der Waals surface area contributed by atoms with Gasteiger partial charge in [-0.25, -0.2) is 9.18 Å². The number of morpholine rings is 1. The summed E-state index contributed by atoms with van der Waals surface area (Å²) in [6.45, 7) is 1.96. The predicted molar refractivity (Wildman–Crippen MR) is 158 cm³/mol. The second kappa shape index (κ2) is 11.9. The Morgan fingerprint density at radius 2 is 1.77 bits per heavy atom. The minimum absolute atomic E-state index is 0.0985. The summed E-state index contributed by atoms with van der Waals surface area (Å²) >= 11 is 6.60. The zero-order valence-corrected chi connectivity index (χ0v) is 23.9. The molecule has 43 heavy (non-hydrogen) atoms. The summed E-state index contributed by atoms with van der Waals surface area (Å²) in [5.74, 6) is -1.34. The van der Waals surface area contributed by atoms with Gasteiger partial charge in [0.15, 0.2) is 6.73 Å². The lowest BCUT2D eigenvalue weighted by molar-refractivity contribution is 0.0515. The molecule has 1 fully saturated rings. The Hall–Kier alpha value is -4.67. The number of amides is 1. The van der Waals surface area contributed by atoms with E-state index in [4.69, 9.17) is 25.8 Å². The molecule has 0 unspecified atom stereocenters. The van der Waals surface area contributed by atoms with Crippen molar-refractivity contribution in [2.45, 2.75) is 6.54 Å². The maximum absolute atomic E-state index is 15.5. The molecule has 2 aliphatic heterocycles. The molecule has 0 spiro atoms. The molecule has 3 aromatic carbocycles. The summed E-state index contributed by atoms with van der Waals surface area (Å²) in [5, 5.41) is 10.0. The van der Waals surface area contributed by atoms with Crippen LogP contribution >= 0.6 is 11.6 Å². The highest BCUT2D eigenvalue weighted by atomic mass is 35.5. The number of anilines is 1. The number of carboxylic acids is 1. The van der Waals surface area contributed by atoms with Crippen LogP contribution in [0.1, 0.15) is 26.3 Å². The van der Waals surface area contributed by atoms with Crippen molar-refractivity contribution in [3.05, 3.63) is 94.5 Å². The van der Waals surface area contributed by atoms with Crippen molar-refractivity contribution in [2.24, 2.45) is 0 Å². The number of nitrogens with zero attached hydrogens (tertiary/aromatic N) is 3. The highest BCUT2D eigenvalue weighted by Gasteiger charge is 2.29. The minimum Gasteiger partial charge on any atom is -0.496 e. The molecule has 2 aliphatic rings. The number of carbonyl (C=O) groups excluding carboxylic acids is 1. The van der Waals surface area contributed by atoms with Crippen LogP contribution in [-0.2, 0) is 11.3 Å². The van der Waals surface area contributed by atoms with Crippen molar-refractivity contribution in [2.75, 3.05) is 45.0 Å². The molecular weight excluding hydrogens is 577 g/mol. The van der Waals surface area contributed by atoms with Crippen LogP contribution in [0.4, 0.5) is 10.1 Å². The zero-order chi connectivity index (χ0) is 30.1. The zero-order valence-electron chi connectivity index (χ0n) is 23.2. The molecular formula is C32H27ClFN3O6. The van der Waals surface area contributed by atoms with E-state index in [0.29, 0.717) is 54.6 Å². The van der Waals surface area contributed by atoms with E-state index >= 15 is 4.39 Å². The Morgan fingerprint density at radius 3 is 2.49 bits per heavy atom. The van der Waals surface area contributed by atoms with Gasteiger partial charge in [-0.05, 0) is 42.0 Å². The fourth-order valence-electron chi connectivity index (χ4n) is 5.44. The minimum atomic E-state index is -1.21. The number of fused-ring (bicyclic) bond motifs is 1. The Balaban J connectivity index is 1.31. The van der Waals surface area contributed by atoms with Crippen molar-refractivity contribution < 1.29 is 33.3 Å². The van der Waals surface area contributed by atoms with Crippen molar-refractivity contribution in [3.63, 3.8) is 0 Å². The van der Waals surface area contributed by atoms with Gasteiger partial charge in [0.05, 0.1) is 48.7 Å². The number of methoxy groups -OCH3 is 1. The number of aromatic nitrogens is 1. The van der Waals surface area contributed by atoms with Gasteiger partial charge in [-0.1, -0.05) is 29.8 Å². The molecule has 11 heteroatoms. The number of rotatable bonds is 6. The van der Waals surface area contributed by atoms with Crippen LogP contribution in [0.5, 0.6) is 11.5 Å². The number of pyridine rings is 1. The highest BCUT2D eigenvalue weighted by molar-refractivity contribution is 6.34. The van der Waals surface area contributed by atoms with Gasteiger partial charge >= 0.3 is 5.97 Å². The molecule has 0 radical (unpaired) electrons. The van der Waals surface area contributed by atoms with E-state index in [1.165, 1.54) is 12.0 Å². The monoisotopic (exact) mass is 603 g/mol. The third-order valence-electron chi connectivity index (χ3n) is 7.58. The van der Waals surface area contributed by atoms with Crippen LogP contribution in [0.2, 0.25) is 5.02 Å². The number of aromatic carboxylic acids is 1. The van der Waals surface area contributed by atoms with Crippen LogP contribution in [0, 0.1) is 5.82 Å². The summed E-state index contributed by atoms with van der Waals surface area (Å²) in [6, 6.07) is 14.8. The van der Waals surface area contributed by atoms with Gasteiger partial charge in [0, 0.05) is 47.7 Å². The summed E-state index contributed by atoms with van der Waals surface area (Å²) in [7, 11) is 1.52. The molecule has 0 aliphatic carbocycles. The van der Waals surface area contributed by atoms with E-state index in [2.05, 4.69) is 4.98 Å². The molecule has 0 bridgehead atoms. The Kier molecular flexibility index (Phi) is 7.88. The number of ether oxygens (including phenoxy) is 3. The maximum Gasteiger partial charge on any atom is 0.337 e. The third-order valence-corrected chi connectivity index (χ3v) is 7.89. The number of benzene rings is 3. The molecule has 3 heterocycles. The van der Waals surface area contributed by atoms with Gasteiger partial charge in [-0.3, -0.25) is 9.78 Å². The van der Waals surface area contributed by atoms with Crippen molar-refractivity contribution in [1.82, 2.24) is 9.88 Å². The summed E-state index contributed by atoms with van der Waals surface area (Å²) < 4.78 is 32.5. The standard InChI is InChI=1S/C32H27ClFN3O6/c1-41-29-16-24(26(33)13-22(29)19-5-7-35-8-6-19)31(38)37-17-20-3-2-4-21(30(20)43-18-37)23-15-28(36-9-11-42-12-10-36)25(32(39)40)14-27(23)34/h2-8,13-16H,9-12,17-18H2,1H3,(H,39,40). The first-order valence-corrected chi connectivity index (χ1v) is 13.9. The van der Waals surface area contributed by atoms with Gasteiger partial charge in [0.2, 0.25) is 0 Å². The van der Waals surface area contributed by atoms with Crippen LogP contribution in [0.3, 0.4) is 0 Å². The van der Waals surface area contributed by atoms with E-state index in [9.17, 15) is 14.7 Å². The first kappa shape index (κ1) is 28.4. The number of hydrogen-bond donors (Lipinski definition) is 1. The number of halogens is 2. The summed E-state index contributed by atoms with van der Waals surface area (Å²) in [5.41, 5.74) is 3.47. The Labute approximate surface area is 252 Å². The molecule has 9 nitrogen and oxygen atoms in total. The van der Waals surface area contributed by atoms with E-state index in [1.54, 1.807) is 48.8 Å². The molecule has 220 valence electrons. The average Bonchev–Trinajstić information content (AvgIpc) is 3.04. The number of hydrogen-bond acceptors (Lipinski definition) is 7. The molecule has 0 saturated carbocycles.